The molecule has 7 nitrogen and oxygen atoms in total. The van der Waals surface area contributed by atoms with Crippen molar-refractivity contribution in [1.29, 1.82) is 0 Å². The van der Waals surface area contributed by atoms with E-state index < -0.39 is 0 Å². The summed E-state index contributed by atoms with van der Waals surface area (Å²) in [6.45, 7) is 5.79. The van der Waals surface area contributed by atoms with E-state index in [1.165, 1.54) is 0 Å². The highest BCUT2D eigenvalue weighted by Crippen LogP contribution is 2.38. The molecule has 0 saturated heterocycles. The lowest BCUT2D eigenvalue weighted by molar-refractivity contribution is 0.182. The van der Waals surface area contributed by atoms with Crippen molar-refractivity contribution in [1.82, 2.24) is 15.5 Å². The highest BCUT2D eigenvalue weighted by Gasteiger charge is 2.32. The second-order valence-corrected chi connectivity index (χ2v) is 7.81. The molecule has 2 aromatic rings. The van der Waals surface area contributed by atoms with Gasteiger partial charge in [-0.25, -0.2) is 4.79 Å². The number of aryl methyl sites for hydroxylation is 1. The van der Waals surface area contributed by atoms with Gasteiger partial charge in [0.2, 0.25) is 0 Å². The number of nitrogens with zero attached hydrogens (tertiary/aromatic N) is 1. The molecule has 0 unspecified atom stereocenters. The van der Waals surface area contributed by atoms with Gasteiger partial charge in [0.05, 0.1) is 20.3 Å². The quantitative estimate of drug-likeness (QED) is 0.594. The zero-order chi connectivity index (χ0) is 22.4. The molecule has 0 aromatic heterocycles. The van der Waals surface area contributed by atoms with Crippen LogP contribution in [0.5, 0.6) is 11.5 Å². The minimum absolute atomic E-state index is 0.146. The molecule has 8 heteroatoms. The van der Waals surface area contributed by atoms with E-state index in [1.54, 1.807) is 14.2 Å². The average molecular weight is 443 g/mol. The second-order valence-electron chi connectivity index (χ2n) is 7.41. The summed E-state index contributed by atoms with van der Waals surface area (Å²) in [5.41, 5.74) is 4.03. The summed E-state index contributed by atoms with van der Waals surface area (Å²) >= 11 is 5.35. The fourth-order valence-electron chi connectivity index (χ4n) is 3.82. The minimum Gasteiger partial charge on any atom is -0.493 e. The Morgan fingerprint density at radius 1 is 1.16 bits per heavy atom. The van der Waals surface area contributed by atoms with E-state index in [-0.39, 0.29) is 12.1 Å². The van der Waals surface area contributed by atoms with Gasteiger partial charge in [-0.05, 0) is 73.4 Å². The molecular formula is C23H30N4O3S. The first-order valence-electron chi connectivity index (χ1n) is 10.4. The standard InChI is InChI=1S/C23H30N4O3S/c1-5-24-22(31)25-14-19-18-13-21(30-4)20(29-3)12-16(18)9-10-27(19)23(28)26-17-8-6-7-15(2)11-17/h6-8,11-13,19H,5,9-10,14H2,1-4H3,(H,26,28)(H2,24,25,31)/t19-/m0/s1. The van der Waals surface area contributed by atoms with Crippen molar-refractivity contribution >= 4 is 29.0 Å². The number of carbonyl (C=O) groups excluding carboxylic acids is 1. The number of hydrogen-bond acceptors (Lipinski definition) is 4. The van der Waals surface area contributed by atoms with Crippen molar-refractivity contribution in [2.75, 3.05) is 39.2 Å². The van der Waals surface area contributed by atoms with E-state index in [9.17, 15) is 4.79 Å². The van der Waals surface area contributed by atoms with Crippen molar-refractivity contribution in [2.45, 2.75) is 26.3 Å². The van der Waals surface area contributed by atoms with Crippen LogP contribution in [0.2, 0.25) is 0 Å². The normalized spacial score (nSPS) is 15.0. The number of nitrogens with one attached hydrogen (secondary N) is 3. The largest absolute Gasteiger partial charge is 0.493 e. The van der Waals surface area contributed by atoms with Gasteiger partial charge in [-0.2, -0.15) is 0 Å². The first kappa shape index (κ1) is 22.7. The molecule has 0 bridgehead atoms. The van der Waals surface area contributed by atoms with Crippen molar-refractivity contribution in [3.8, 4) is 11.5 Å². The molecule has 0 radical (unpaired) electrons. The van der Waals surface area contributed by atoms with Crippen LogP contribution in [0.15, 0.2) is 36.4 Å². The molecule has 2 amide bonds. The van der Waals surface area contributed by atoms with Crippen molar-refractivity contribution in [3.63, 3.8) is 0 Å². The van der Waals surface area contributed by atoms with Crippen LogP contribution in [0, 0.1) is 6.92 Å². The maximum absolute atomic E-state index is 13.2. The van der Waals surface area contributed by atoms with Gasteiger partial charge in [0.1, 0.15) is 0 Å². The number of fused-ring (bicyclic) bond motifs is 1. The molecule has 2 aromatic carbocycles. The summed E-state index contributed by atoms with van der Waals surface area (Å²) in [6, 6.07) is 11.4. The maximum Gasteiger partial charge on any atom is 0.322 e. The first-order valence-corrected chi connectivity index (χ1v) is 10.8. The molecule has 3 rings (SSSR count). The van der Waals surface area contributed by atoms with E-state index in [0.717, 1.165) is 35.3 Å². The van der Waals surface area contributed by atoms with Crippen LogP contribution in [0.25, 0.3) is 0 Å². The van der Waals surface area contributed by atoms with Gasteiger partial charge >= 0.3 is 6.03 Å². The Labute approximate surface area is 189 Å². The number of methoxy groups -OCH3 is 2. The molecule has 166 valence electrons. The van der Waals surface area contributed by atoms with Gasteiger partial charge in [-0.1, -0.05) is 12.1 Å². The molecule has 0 saturated carbocycles. The second kappa shape index (κ2) is 10.3. The zero-order valence-corrected chi connectivity index (χ0v) is 19.3. The lowest BCUT2D eigenvalue weighted by atomic mass is 9.92. The van der Waals surface area contributed by atoms with Crippen LogP contribution >= 0.6 is 12.2 Å². The predicted octanol–water partition coefficient (Wildman–Crippen LogP) is 3.63. The monoisotopic (exact) mass is 442 g/mol. The summed E-state index contributed by atoms with van der Waals surface area (Å²) in [4.78, 5) is 15.1. The minimum atomic E-state index is -0.218. The molecule has 31 heavy (non-hydrogen) atoms. The lowest BCUT2D eigenvalue weighted by Crippen LogP contribution is -2.48. The number of amides is 2. The van der Waals surface area contributed by atoms with Crippen molar-refractivity contribution < 1.29 is 14.3 Å². The Hall–Kier alpha value is -3.00. The third-order valence-corrected chi connectivity index (χ3v) is 5.61. The van der Waals surface area contributed by atoms with Gasteiger partial charge in [0.25, 0.3) is 0 Å². The van der Waals surface area contributed by atoms with E-state index >= 15 is 0 Å². The summed E-state index contributed by atoms with van der Waals surface area (Å²) < 4.78 is 11.0. The number of benzene rings is 2. The highest BCUT2D eigenvalue weighted by molar-refractivity contribution is 7.80. The van der Waals surface area contributed by atoms with Crippen LogP contribution in [0.3, 0.4) is 0 Å². The zero-order valence-electron chi connectivity index (χ0n) is 18.5. The third kappa shape index (κ3) is 5.38. The van der Waals surface area contributed by atoms with Crippen LogP contribution in [-0.2, 0) is 6.42 Å². The molecule has 1 aliphatic heterocycles. The van der Waals surface area contributed by atoms with Crippen LogP contribution in [0.1, 0.15) is 29.7 Å². The maximum atomic E-state index is 13.2. The molecule has 1 heterocycles. The molecule has 0 fully saturated rings. The molecule has 0 spiro atoms. The van der Waals surface area contributed by atoms with Crippen LogP contribution < -0.4 is 25.4 Å². The molecule has 0 aliphatic carbocycles. The summed E-state index contributed by atoms with van der Waals surface area (Å²) in [5.74, 6) is 1.33. The highest BCUT2D eigenvalue weighted by atomic mass is 32.1. The SMILES string of the molecule is CCNC(=S)NC[C@H]1c2cc(OC)c(OC)cc2CCN1C(=O)Nc1cccc(C)c1. The van der Waals surface area contributed by atoms with Crippen LogP contribution in [0.4, 0.5) is 10.5 Å². The van der Waals surface area contributed by atoms with Crippen LogP contribution in [-0.4, -0.2) is 49.9 Å². The Balaban J connectivity index is 1.90. The smallest absolute Gasteiger partial charge is 0.322 e. The van der Waals surface area contributed by atoms with E-state index in [2.05, 4.69) is 16.0 Å². The topological polar surface area (TPSA) is 74.9 Å². The number of hydrogen-bond donors (Lipinski definition) is 3. The van der Waals surface area contributed by atoms with Gasteiger partial charge in [-0.15, -0.1) is 0 Å². The van der Waals surface area contributed by atoms with E-state index in [0.29, 0.717) is 29.7 Å². The number of anilines is 1. The van der Waals surface area contributed by atoms with E-state index in [1.807, 2.05) is 55.1 Å². The molecule has 1 aliphatic rings. The van der Waals surface area contributed by atoms with Gasteiger partial charge in [-0.3, -0.25) is 0 Å². The predicted molar refractivity (Wildman–Crippen MR) is 127 cm³/mol. The fraction of sp³-hybridized carbons (Fsp3) is 0.391. The average Bonchev–Trinajstić information content (AvgIpc) is 2.76. The molecule has 1 atom stereocenters. The van der Waals surface area contributed by atoms with Crippen molar-refractivity contribution in [3.05, 3.63) is 53.1 Å². The number of urea groups is 1. The lowest BCUT2D eigenvalue weighted by Gasteiger charge is -2.38. The van der Waals surface area contributed by atoms with Gasteiger partial charge in [0.15, 0.2) is 16.6 Å². The van der Waals surface area contributed by atoms with E-state index in [4.69, 9.17) is 21.7 Å². The molecular weight excluding hydrogens is 412 g/mol. The summed E-state index contributed by atoms with van der Waals surface area (Å²) in [5, 5.41) is 9.94. The summed E-state index contributed by atoms with van der Waals surface area (Å²) in [7, 11) is 3.24. The fourth-order valence-corrected chi connectivity index (χ4v) is 4.05. The number of rotatable bonds is 6. The van der Waals surface area contributed by atoms with Crippen molar-refractivity contribution in [2.24, 2.45) is 0 Å². The number of ether oxygens (including phenoxy) is 2. The third-order valence-electron chi connectivity index (χ3n) is 5.33. The first-order chi connectivity index (χ1) is 15.0. The Bertz CT molecular complexity index is 950. The Morgan fingerprint density at radius 3 is 2.58 bits per heavy atom. The Morgan fingerprint density at radius 2 is 1.90 bits per heavy atom. The number of thiocarbonyl (C=S) groups is 1. The molecule has 3 N–H and O–H groups in total. The van der Waals surface area contributed by atoms with Gasteiger partial charge in [0, 0.05) is 25.3 Å². The number of carbonyl (C=O) groups is 1. The summed E-state index contributed by atoms with van der Waals surface area (Å²) in [6.07, 6.45) is 0.727. The Kier molecular flexibility index (Phi) is 7.57. The van der Waals surface area contributed by atoms with Gasteiger partial charge < -0.3 is 30.3 Å².